The Labute approximate surface area is 103 Å². The van der Waals surface area contributed by atoms with Gasteiger partial charge in [-0.25, -0.2) is 4.98 Å². The second kappa shape index (κ2) is 4.01. The van der Waals surface area contributed by atoms with Gasteiger partial charge in [0, 0.05) is 17.0 Å². The lowest BCUT2D eigenvalue weighted by molar-refractivity contribution is 1.33. The van der Waals surface area contributed by atoms with Gasteiger partial charge in [0.15, 0.2) is 5.82 Å². The number of hydrogen-bond donors (Lipinski definition) is 0. The summed E-state index contributed by atoms with van der Waals surface area (Å²) in [5.41, 5.74) is 1.72. The summed E-state index contributed by atoms with van der Waals surface area (Å²) in [6, 6.07) is 11.8. The SMILES string of the molecule is S=C=Nc1ccc2ccc3cccnc3c2n1. The zero-order chi connectivity index (χ0) is 11.7. The van der Waals surface area contributed by atoms with Gasteiger partial charge in [0.1, 0.15) is 0 Å². The third kappa shape index (κ3) is 1.69. The third-order valence-electron chi connectivity index (χ3n) is 2.58. The van der Waals surface area contributed by atoms with Gasteiger partial charge in [-0.05, 0) is 30.4 Å². The molecular weight excluding hydrogens is 230 g/mol. The van der Waals surface area contributed by atoms with Crippen LogP contribution < -0.4 is 0 Å². The summed E-state index contributed by atoms with van der Waals surface area (Å²) in [6.07, 6.45) is 1.76. The molecule has 3 nitrogen and oxygen atoms in total. The van der Waals surface area contributed by atoms with Crippen LogP contribution in [0, 0.1) is 0 Å². The average molecular weight is 237 g/mol. The smallest absolute Gasteiger partial charge is 0.163 e. The molecule has 0 amide bonds. The molecule has 0 aliphatic carbocycles. The minimum absolute atomic E-state index is 0.561. The lowest BCUT2D eigenvalue weighted by Crippen LogP contribution is -1.84. The van der Waals surface area contributed by atoms with E-state index in [9.17, 15) is 0 Å². The van der Waals surface area contributed by atoms with Gasteiger partial charge in [-0.2, -0.15) is 4.99 Å². The molecule has 0 atom stereocenters. The summed E-state index contributed by atoms with van der Waals surface area (Å²) in [6.45, 7) is 0. The number of pyridine rings is 2. The van der Waals surface area contributed by atoms with Crippen LogP contribution in [0.5, 0.6) is 0 Å². The van der Waals surface area contributed by atoms with E-state index in [1.54, 1.807) is 6.20 Å². The van der Waals surface area contributed by atoms with Gasteiger partial charge >= 0.3 is 0 Å². The van der Waals surface area contributed by atoms with Crippen LogP contribution in [0.15, 0.2) is 47.6 Å². The van der Waals surface area contributed by atoms with Crippen LogP contribution in [0.2, 0.25) is 0 Å². The molecule has 80 valence electrons. The molecule has 0 bridgehead atoms. The van der Waals surface area contributed by atoms with Crippen LogP contribution in [-0.2, 0) is 0 Å². The van der Waals surface area contributed by atoms with Crippen LogP contribution in [0.4, 0.5) is 5.82 Å². The number of thiocarbonyl (C=S) groups is 1. The first-order chi connectivity index (χ1) is 8.38. The Hall–Kier alpha value is -2.16. The van der Waals surface area contributed by atoms with Gasteiger partial charge in [-0.3, -0.25) is 4.98 Å². The second-order valence-corrected chi connectivity index (χ2v) is 3.77. The summed E-state index contributed by atoms with van der Waals surface area (Å²) in [4.78, 5) is 12.7. The highest BCUT2D eigenvalue weighted by Gasteiger charge is 2.03. The Morgan fingerprint density at radius 2 is 1.76 bits per heavy atom. The minimum atomic E-state index is 0.561. The topological polar surface area (TPSA) is 38.1 Å². The summed E-state index contributed by atoms with van der Waals surface area (Å²) < 4.78 is 0. The van der Waals surface area contributed by atoms with Crippen LogP contribution >= 0.6 is 12.2 Å². The van der Waals surface area contributed by atoms with Gasteiger partial charge in [-0.1, -0.05) is 18.2 Å². The number of fused-ring (bicyclic) bond motifs is 3. The van der Waals surface area contributed by atoms with E-state index < -0.39 is 0 Å². The van der Waals surface area contributed by atoms with Crippen molar-refractivity contribution < 1.29 is 0 Å². The molecule has 0 spiro atoms. The van der Waals surface area contributed by atoms with Gasteiger partial charge in [0.25, 0.3) is 0 Å². The highest BCUT2D eigenvalue weighted by atomic mass is 32.1. The van der Waals surface area contributed by atoms with Crippen molar-refractivity contribution in [3.05, 3.63) is 42.6 Å². The van der Waals surface area contributed by atoms with Crippen LogP contribution in [0.25, 0.3) is 21.8 Å². The first kappa shape index (κ1) is 10.0. The highest BCUT2D eigenvalue weighted by Crippen LogP contribution is 2.23. The van der Waals surface area contributed by atoms with E-state index in [2.05, 4.69) is 32.3 Å². The standard InChI is InChI=1S/C13H7N3S/c17-8-15-11-6-5-10-4-3-9-2-1-7-14-12(9)13(10)16-11/h1-7H. The highest BCUT2D eigenvalue weighted by molar-refractivity contribution is 7.78. The Balaban J connectivity index is 2.46. The molecular formula is C13H7N3S. The van der Waals surface area contributed by atoms with Gasteiger partial charge in [0.2, 0.25) is 0 Å². The third-order valence-corrected chi connectivity index (χ3v) is 2.67. The van der Waals surface area contributed by atoms with Crippen molar-refractivity contribution in [1.29, 1.82) is 0 Å². The Morgan fingerprint density at radius 3 is 2.59 bits per heavy atom. The van der Waals surface area contributed by atoms with Crippen molar-refractivity contribution in [3.63, 3.8) is 0 Å². The number of benzene rings is 1. The molecule has 0 N–H and O–H groups in total. The molecule has 0 aliphatic rings. The van der Waals surface area contributed by atoms with E-state index in [1.807, 2.05) is 36.4 Å². The molecule has 17 heavy (non-hydrogen) atoms. The van der Waals surface area contributed by atoms with Crippen molar-refractivity contribution in [2.24, 2.45) is 4.99 Å². The maximum Gasteiger partial charge on any atom is 0.163 e. The maximum atomic E-state index is 4.58. The molecule has 4 heteroatoms. The molecule has 1 aromatic carbocycles. The van der Waals surface area contributed by atoms with E-state index in [-0.39, 0.29) is 0 Å². The normalized spacial score (nSPS) is 10.4. The number of aliphatic imine (C=N–C) groups is 1. The van der Waals surface area contributed by atoms with Crippen LogP contribution in [-0.4, -0.2) is 15.1 Å². The fourth-order valence-electron chi connectivity index (χ4n) is 1.82. The molecule has 3 rings (SSSR count). The van der Waals surface area contributed by atoms with Gasteiger partial charge in [0.05, 0.1) is 16.2 Å². The number of aromatic nitrogens is 2. The maximum absolute atomic E-state index is 4.58. The van der Waals surface area contributed by atoms with Crippen molar-refractivity contribution in [3.8, 4) is 0 Å². The quantitative estimate of drug-likeness (QED) is 0.369. The lowest BCUT2D eigenvalue weighted by atomic mass is 10.1. The molecule has 2 aromatic heterocycles. The van der Waals surface area contributed by atoms with E-state index >= 15 is 0 Å². The van der Waals surface area contributed by atoms with E-state index in [1.165, 1.54) is 0 Å². The predicted molar refractivity (Wildman–Crippen MR) is 71.7 cm³/mol. The number of hydrogen-bond acceptors (Lipinski definition) is 4. The molecule has 3 aromatic rings. The largest absolute Gasteiger partial charge is 0.254 e. The lowest BCUT2D eigenvalue weighted by Gasteiger charge is -2.02. The molecule has 0 fully saturated rings. The van der Waals surface area contributed by atoms with Crippen molar-refractivity contribution in [2.75, 3.05) is 0 Å². The average Bonchev–Trinajstić information content (AvgIpc) is 2.39. The summed E-state index contributed by atoms with van der Waals surface area (Å²) in [5, 5.41) is 4.43. The van der Waals surface area contributed by atoms with Crippen molar-refractivity contribution >= 4 is 45.0 Å². The van der Waals surface area contributed by atoms with Crippen LogP contribution in [0.3, 0.4) is 0 Å². The summed E-state index contributed by atoms with van der Waals surface area (Å²) >= 11 is 4.58. The Kier molecular flexibility index (Phi) is 2.37. The summed E-state index contributed by atoms with van der Waals surface area (Å²) in [5.74, 6) is 0.561. The van der Waals surface area contributed by atoms with E-state index in [0.717, 1.165) is 21.8 Å². The molecule has 0 unspecified atom stereocenters. The Bertz CT molecular complexity index is 761. The van der Waals surface area contributed by atoms with Gasteiger partial charge in [-0.15, -0.1) is 0 Å². The number of rotatable bonds is 1. The zero-order valence-electron chi connectivity index (χ0n) is 8.79. The molecule has 0 saturated heterocycles. The van der Waals surface area contributed by atoms with Gasteiger partial charge < -0.3 is 0 Å². The first-order valence-electron chi connectivity index (χ1n) is 5.11. The second-order valence-electron chi connectivity index (χ2n) is 3.58. The summed E-state index contributed by atoms with van der Waals surface area (Å²) in [7, 11) is 0. The Morgan fingerprint density at radius 1 is 1.00 bits per heavy atom. The zero-order valence-corrected chi connectivity index (χ0v) is 9.61. The van der Waals surface area contributed by atoms with Crippen LogP contribution in [0.1, 0.15) is 0 Å². The molecule has 0 saturated carbocycles. The molecule has 0 radical (unpaired) electrons. The van der Waals surface area contributed by atoms with Crippen molar-refractivity contribution in [1.82, 2.24) is 9.97 Å². The number of isothiocyanates is 1. The van der Waals surface area contributed by atoms with Crippen molar-refractivity contribution in [2.45, 2.75) is 0 Å². The first-order valence-corrected chi connectivity index (χ1v) is 5.52. The number of nitrogens with zero attached hydrogens (tertiary/aromatic N) is 3. The molecule has 2 heterocycles. The van der Waals surface area contributed by atoms with E-state index in [0.29, 0.717) is 5.82 Å². The van der Waals surface area contributed by atoms with E-state index in [4.69, 9.17) is 0 Å². The fraction of sp³-hybridized carbons (Fsp3) is 0. The minimum Gasteiger partial charge on any atom is -0.254 e. The predicted octanol–water partition coefficient (Wildman–Crippen LogP) is 3.52. The molecule has 0 aliphatic heterocycles. The monoisotopic (exact) mass is 237 g/mol. The fourth-order valence-corrected chi connectivity index (χ4v) is 1.92.